The predicted molar refractivity (Wildman–Crippen MR) is 78.7 cm³/mol. The number of anilines is 1. The van der Waals surface area contributed by atoms with E-state index in [9.17, 15) is 8.42 Å². The maximum atomic E-state index is 12.1. The van der Waals surface area contributed by atoms with Crippen LogP contribution in [-0.4, -0.2) is 45.0 Å². The summed E-state index contributed by atoms with van der Waals surface area (Å²) in [6.07, 6.45) is 4.55. The van der Waals surface area contributed by atoms with Gasteiger partial charge in [-0.1, -0.05) is 0 Å². The second kappa shape index (κ2) is 6.51. The highest BCUT2D eigenvalue weighted by Crippen LogP contribution is 2.19. The van der Waals surface area contributed by atoms with Gasteiger partial charge in [0, 0.05) is 12.7 Å². The second-order valence-corrected chi connectivity index (χ2v) is 7.01. The number of nitrogens with zero attached hydrogens (tertiary/aromatic N) is 2. The summed E-state index contributed by atoms with van der Waals surface area (Å²) in [6.45, 7) is 2.61. The van der Waals surface area contributed by atoms with Gasteiger partial charge < -0.3 is 10.6 Å². The molecule has 2 heterocycles. The van der Waals surface area contributed by atoms with Crippen molar-refractivity contribution in [2.24, 2.45) is 5.92 Å². The number of rotatable bonds is 5. The molecule has 0 amide bonds. The van der Waals surface area contributed by atoms with Gasteiger partial charge in [-0.2, -0.15) is 0 Å². The number of pyridine rings is 1. The van der Waals surface area contributed by atoms with Crippen molar-refractivity contribution in [3.63, 3.8) is 0 Å². The molecule has 0 saturated carbocycles. The Morgan fingerprint density at radius 1 is 1.45 bits per heavy atom. The molecule has 3 N–H and O–H groups in total. The lowest BCUT2D eigenvalue weighted by Gasteiger charge is -2.28. The Bertz CT molecular complexity index is 539. The van der Waals surface area contributed by atoms with Crippen LogP contribution >= 0.6 is 0 Å². The molecule has 6 nitrogen and oxygen atoms in total. The van der Waals surface area contributed by atoms with Gasteiger partial charge in [0.2, 0.25) is 0 Å². The van der Waals surface area contributed by atoms with Crippen LogP contribution in [0, 0.1) is 5.92 Å². The van der Waals surface area contributed by atoms with E-state index in [4.69, 9.17) is 5.73 Å². The number of hydrogen-bond acceptors (Lipinski definition) is 5. The van der Waals surface area contributed by atoms with Crippen molar-refractivity contribution in [1.82, 2.24) is 14.6 Å². The van der Waals surface area contributed by atoms with Crippen molar-refractivity contribution >= 4 is 15.7 Å². The number of piperidine rings is 1. The molecule has 0 bridgehead atoms. The van der Waals surface area contributed by atoms with Crippen LogP contribution in [0.5, 0.6) is 0 Å². The van der Waals surface area contributed by atoms with Crippen LogP contribution in [0.15, 0.2) is 23.4 Å². The third-order valence-electron chi connectivity index (χ3n) is 3.74. The third-order valence-corrected chi connectivity index (χ3v) is 5.17. The monoisotopic (exact) mass is 298 g/mol. The van der Waals surface area contributed by atoms with Gasteiger partial charge in [0.05, 0.1) is 5.69 Å². The van der Waals surface area contributed by atoms with Crippen molar-refractivity contribution in [1.29, 1.82) is 0 Å². The van der Waals surface area contributed by atoms with Gasteiger partial charge in [0.15, 0.2) is 5.03 Å². The number of hydrogen-bond donors (Lipinski definition) is 2. The molecule has 20 heavy (non-hydrogen) atoms. The molecule has 0 aromatic carbocycles. The molecule has 112 valence electrons. The highest BCUT2D eigenvalue weighted by atomic mass is 32.2. The zero-order chi connectivity index (χ0) is 14.6. The average molecular weight is 298 g/mol. The summed E-state index contributed by atoms with van der Waals surface area (Å²) in [5.41, 5.74) is 5.83. The summed E-state index contributed by atoms with van der Waals surface area (Å²) in [5.74, 6) is 0.593. The summed E-state index contributed by atoms with van der Waals surface area (Å²) in [5, 5.41) is -0.0802. The molecule has 0 atom stereocenters. The van der Waals surface area contributed by atoms with Crippen molar-refractivity contribution in [2.75, 3.05) is 32.4 Å². The SMILES string of the molecule is CN1CCC(CCNS(=O)(=O)c2ncccc2N)CC1. The van der Waals surface area contributed by atoms with E-state index in [-0.39, 0.29) is 10.7 Å². The normalized spacial score (nSPS) is 18.2. The minimum Gasteiger partial charge on any atom is -0.396 e. The van der Waals surface area contributed by atoms with E-state index in [2.05, 4.69) is 21.7 Å². The van der Waals surface area contributed by atoms with Crippen LogP contribution in [-0.2, 0) is 10.0 Å². The van der Waals surface area contributed by atoms with Crippen molar-refractivity contribution < 1.29 is 8.42 Å². The molecular formula is C13H22N4O2S. The average Bonchev–Trinajstić information content (AvgIpc) is 2.41. The molecule has 2 rings (SSSR count). The first-order valence-electron chi connectivity index (χ1n) is 6.88. The molecule has 1 aliphatic rings. The van der Waals surface area contributed by atoms with Crippen LogP contribution in [0.25, 0.3) is 0 Å². The topological polar surface area (TPSA) is 88.3 Å². The number of nitrogen functional groups attached to an aromatic ring is 1. The Kier molecular flexibility index (Phi) is 4.95. The van der Waals surface area contributed by atoms with E-state index >= 15 is 0 Å². The lowest BCUT2D eigenvalue weighted by molar-refractivity contribution is 0.213. The lowest BCUT2D eigenvalue weighted by Crippen LogP contribution is -2.33. The van der Waals surface area contributed by atoms with E-state index in [1.807, 2.05) is 0 Å². The minimum absolute atomic E-state index is 0.0802. The maximum absolute atomic E-state index is 12.1. The summed E-state index contributed by atoms with van der Waals surface area (Å²) in [7, 11) is -1.49. The van der Waals surface area contributed by atoms with Crippen LogP contribution < -0.4 is 10.5 Å². The van der Waals surface area contributed by atoms with E-state index in [1.54, 1.807) is 12.1 Å². The highest BCUT2D eigenvalue weighted by molar-refractivity contribution is 7.89. The second-order valence-electron chi connectivity index (χ2n) is 5.33. The molecule has 1 saturated heterocycles. The van der Waals surface area contributed by atoms with E-state index in [0.717, 1.165) is 32.4 Å². The van der Waals surface area contributed by atoms with Gasteiger partial charge in [-0.25, -0.2) is 18.1 Å². The van der Waals surface area contributed by atoms with Gasteiger partial charge in [-0.3, -0.25) is 0 Å². The number of nitrogens with two attached hydrogens (primary N) is 1. The van der Waals surface area contributed by atoms with E-state index < -0.39 is 10.0 Å². The zero-order valence-electron chi connectivity index (χ0n) is 11.7. The fourth-order valence-corrected chi connectivity index (χ4v) is 3.55. The first-order valence-corrected chi connectivity index (χ1v) is 8.36. The molecule has 0 unspecified atom stereocenters. The Hall–Kier alpha value is -1.18. The molecule has 1 aromatic rings. The van der Waals surface area contributed by atoms with E-state index in [1.165, 1.54) is 6.20 Å². The molecule has 0 aliphatic carbocycles. The largest absolute Gasteiger partial charge is 0.396 e. The summed E-state index contributed by atoms with van der Waals surface area (Å²) < 4.78 is 26.8. The molecule has 1 aliphatic heterocycles. The van der Waals surface area contributed by atoms with Crippen molar-refractivity contribution in [2.45, 2.75) is 24.3 Å². The Labute approximate surface area is 120 Å². The lowest BCUT2D eigenvalue weighted by atomic mass is 9.94. The Morgan fingerprint density at radius 2 is 2.15 bits per heavy atom. The first kappa shape index (κ1) is 15.2. The van der Waals surface area contributed by atoms with Crippen LogP contribution in [0.2, 0.25) is 0 Å². The molecule has 1 fully saturated rings. The van der Waals surface area contributed by atoms with Crippen molar-refractivity contribution in [3.05, 3.63) is 18.3 Å². The van der Waals surface area contributed by atoms with Gasteiger partial charge in [-0.05, 0) is 57.5 Å². The van der Waals surface area contributed by atoms with Gasteiger partial charge in [0.25, 0.3) is 10.0 Å². The first-order chi connectivity index (χ1) is 9.49. The third kappa shape index (κ3) is 3.91. The van der Waals surface area contributed by atoms with Gasteiger partial charge in [-0.15, -0.1) is 0 Å². The van der Waals surface area contributed by atoms with Crippen LogP contribution in [0.1, 0.15) is 19.3 Å². The van der Waals surface area contributed by atoms with Crippen LogP contribution in [0.3, 0.4) is 0 Å². The summed E-state index contributed by atoms with van der Waals surface area (Å²) in [4.78, 5) is 6.14. The molecule has 0 radical (unpaired) electrons. The molecule has 1 aromatic heterocycles. The predicted octanol–water partition coefficient (Wildman–Crippen LogP) is 0.674. The Morgan fingerprint density at radius 3 is 2.80 bits per heavy atom. The van der Waals surface area contributed by atoms with Gasteiger partial charge >= 0.3 is 0 Å². The number of aromatic nitrogens is 1. The number of sulfonamides is 1. The molecular weight excluding hydrogens is 276 g/mol. The zero-order valence-corrected chi connectivity index (χ0v) is 12.6. The van der Waals surface area contributed by atoms with Crippen LogP contribution in [0.4, 0.5) is 5.69 Å². The maximum Gasteiger partial charge on any atom is 0.260 e. The fraction of sp³-hybridized carbons (Fsp3) is 0.615. The number of nitrogens with one attached hydrogen (secondary N) is 1. The Balaban J connectivity index is 1.86. The van der Waals surface area contributed by atoms with Crippen molar-refractivity contribution in [3.8, 4) is 0 Å². The van der Waals surface area contributed by atoms with Gasteiger partial charge in [0.1, 0.15) is 0 Å². The number of likely N-dealkylation sites (tertiary alicyclic amines) is 1. The summed E-state index contributed by atoms with van der Waals surface area (Å²) >= 11 is 0. The van der Waals surface area contributed by atoms with E-state index in [0.29, 0.717) is 12.5 Å². The molecule has 7 heteroatoms. The minimum atomic E-state index is -3.60. The quantitative estimate of drug-likeness (QED) is 0.834. The highest BCUT2D eigenvalue weighted by Gasteiger charge is 2.20. The smallest absolute Gasteiger partial charge is 0.260 e. The molecule has 0 spiro atoms. The standard InChI is InChI=1S/C13H22N4O2S/c1-17-9-5-11(6-10-17)4-8-16-20(18,19)13-12(14)3-2-7-15-13/h2-3,7,11,16H,4-6,8-10,14H2,1H3. The fourth-order valence-electron chi connectivity index (χ4n) is 2.44. The summed E-state index contributed by atoms with van der Waals surface area (Å²) in [6, 6.07) is 3.16.